The average molecular weight is 949 g/mol. The molecule has 0 N–H and O–H groups in total. The first-order chi connectivity index (χ1) is 34.7. The zero-order chi connectivity index (χ0) is 49.0. The molecule has 0 amide bonds. The smallest absolute Gasteiger partial charge is 0.337 e. The molecule has 0 radical (unpaired) electrons. The highest BCUT2D eigenvalue weighted by Crippen LogP contribution is 2.54. The quantitative estimate of drug-likeness (QED) is 0.164. The second-order valence-corrected chi connectivity index (χ2v) is 24.3. The predicted molar refractivity (Wildman–Crippen MR) is 310 cm³/mol. The van der Waals surface area contributed by atoms with Gasteiger partial charge in [-0.25, -0.2) is 0 Å². The SMILES string of the molecule is Cc1cc2c3c(c1)N(c1ccc(C(C)(C)C)cc1-c1ccccc1)c1oc4cc5c(cc4c1B3N(c1ccc(-c3ccccc3)cc1)c1cc3sc4cc6ccccc6cc4c3cc1-2)C(C)(C)CCC5(C)C. The number of benzene rings is 9. The molecule has 0 atom stereocenters. The highest BCUT2D eigenvalue weighted by atomic mass is 32.1. The van der Waals surface area contributed by atoms with Crippen molar-refractivity contribution in [3.63, 3.8) is 0 Å². The van der Waals surface area contributed by atoms with Crippen LogP contribution >= 0.6 is 11.3 Å². The lowest BCUT2D eigenvalue weighted by Gasteiger charge is -2.44. The molecule has 0 spiro atoms. The Labute approximate surface area is 427 Å². The van der Waals surface area contributed by atoms with Gasteiger partial charge in [-0.2, -0.15) is 0 Å². The summed E-state index contributed by atoms with van der Waals surface area (Å²) in [5.41, 5.74) is 20.7. The summed E-state index contributed by atoms with van der Waals surface area (Å²) in [6, 6.07) is 66.7. The van der Waals surface area contributed by atoms with Gasteiger partial charge in [0, 0.05) is 59.2 Å². The van der Waals surface area contributed by atoms with Crippen LogP contribution in [-0.2, 0) is 16.2 Å². The highest BCUT2D eigenvalue weighted by molar-refractivity contribution is 7.26. The summed E-state index contributed by atoms with van der Waals surface area (Å²) in [5.74, 6) is 0.890. The van der Waals surface area contributed by atoms with Gasteiger partial charge in [-0.3, -0.25) is 4.90 Å². The van der Waals surface area contributed by atoms with Crippen molar-refractivity contribution in [2.75, 3.05) is 9.71 Å². The van der Waals surface area contributed by atoms with Gasteiger partial charge in [0.15, 0.2) is 0 Å². The van der Waals surface area contributed by atoms with E-state index in [9.17, 15) is 0 Å². The molecule has 3 aliphatic rings. The van der Waals surface area contributed by atoms with E-state index >= 15 is 0 Å². The van der Waals surface area contributed by atoms with Crippen LogP contribution in [-0.4, -0.2) is 6.85 Å². The van der Waals surface area contributed by atoms with Gasteiger partial charge in [-0.05, 0) is 163 Å². The van der Waals surface area contributed by atoms with Crippen LogP contribution < -0.4 is 20.6 Å². The van der Waals surface area contributed by atoms with E-state index in [4.69, 9.17) is 4.42 Å². The number of thiophene rings is 1. The molecule has 2 aromatic heterocycles. The fourth-order valence-corrected chi connectivity index (χ4v) is 13.8. The number of hydrogen-bond acceptors (Lipinski definition) is 4. The summed E-state index contributed by atoms with van der Waals surface area (Å²) >= 11 is 1.91. The lowest BCUT2D eigenvalue weighted by molar-refractivity contribution is 0.332. The molecular formula is C67H57BN2OS. The van der Waals surface area contributed by atoms with Crippen molar-refractivity contribution in [1.82, 2.24) is 0 Å². The zero-order valence-electron chi connectivity index (χ0n) is 42.4. The zero-order valence-corrected chi connectivity index (χ0v) is 43.3. The van der Waals surface area contributed by atoms with E-state index in [2.05, 4.69) is 241 Å². The van der Waals surface area contributed by atoms with Crippen molar-refractivity contribution >= 4 is 99.7 Å². The number of furan rings is 1. The molecule has 0 saturated carbocycles. The molecule has 4 heterocycles. The monoisotopic (exact) mass is 948 g/mol. The minimum atomic E-state index is -0.209. The third-order valence-corrected chi connectivity index (χ3v) is 17.8. The van der Waals surface area contributed by atoms with Gasteiger partial charge in [-0.1, -0.05) is 158 Å². The van der Waals surface area contributed by atoms with Crippen LogP contribution in [0.5, 0.6) is 0 Å². The van der Waals surface area contributed by atoms with Crippen LogP contribution in [0.2, 0.25) is 0 Å². The van der Waals surface area contributed by atoms with Crippen LogP contribution in [0.3, 0.4) is 0 Å². The Hall–Kier alpha value is -7.34. The third kappa shape index (κ3) is 6.49. The van der Waals surface area contributed by atoms with Gasteiger partial charge in [0.05, 0.1) is 5.69 Å². The number of hydrogen-bond donors (Lipinski definition) is 0. The van der Waals surface area contributed by atoms with Crippen molar-refractivity contribution in [1.29, 1.82) is 0 Å². The van der Waals surface area contributed by atoms with E-state index in [1.807, 2.05) is 11.3 Å². The van der Waals surface area contributed by atoms with Crippen LogP contribution in [0.1, 0.15) is 83.6 Å². The lowest BCUT2D eigenvalue weighted by Crippen LogP contribution is -2.61. The Balaban J connectivity index is 1.12. The largest absolute Gasteiger partial charge is 0.440 e. The van der Waals surface area contributed by atoms with Gasteiger partial charge in [0.1, 0.15) is 5.58 Å². The molecule has 5 heteroatoms. The van der Waals surface area contributed by atoms with Crippen molar-refractivity contribution in [3.05, 3.63) is 198 Å². The van der Waals surface area contributed by atoms with E-state index in [1.54, 1.807) is 0 Å². The topological polar surface area (TPSA) is 19.6 Å². The Bertz CT molecular complexity index is 4040. The molecule has 0 fully saturated rings. The molecule has 0 unspecified atom stereocenters. The van der Waals surface area contributed by atoms with Gasteiger partial charge in [0.2, 0.25) is 5.88 Å². The molecule has 1 aliphatic carbocycles. The molecular weight excluding hydrogens is 892 g/mol. The Morgan fingerprint density at radius 3 is 1.85 bits per heavy atom. The summed E-state index contributed by atoms with van der Waals surface area (Å²) < 4.78 is 10.3. The first-order valence-electron chi connectivity index (χ1n) is 25.8. The normalized spacial score (nSPS) is 15.5. The van der Waals surface area contributed by atoms with Crippen LogP contribution in [0, 0.1) is 6.92 Å². The predicted octanol–water partition coefficient (Wildman–Crippen LogP) is 18.0. The molecule has 14 rings (SSSR count). The van der Waals surface area contributed by atoms with E-state index in [1.165, 1.54) is 109 Å². The summed E-state index contributed by atoms with van der Waals surface area (Å²) in [4.78, 5) is 5.18. The molecule has 0 saturated heterocycles. The van der Waals surface area contributed by atoms with Crippen LogP contribution in [0.4, 0.5) is 28.6 Å². The van der Waals surface area contributed by atoms with Crippen LogP contribution in [0.25, 0.3) is 75.3 Å². The summed E-state index contributed by atoms with van der Waals surface area (Å²) in [5, 5.41) is 6.35. The Kier molecular flexibility index (Phi) is 9.26. The minimum Gasteiger partial charge on any atom is -0.440 e. The molecule has 350 valence electrons. The van der Waals surface area contributed by atoms with Crippen molar-refractivity contribution in [3.8, 4) is 33.4 Å². The Morgan fingerprint density at radius 1 is 0.514 bits per heavy atom. The number of aryl methyl sites for hydroxylation is 1. The Morgan fingerprint density at radius 2 is 1.14 bits per heavy atom. The lowest BCUT2D eigenvalue weighted by atomic mass is 9.43. The number of rotatable bonds is 4. The second kappa shape index (κ2) is 15.3. The maximum absolute atomic E-state index is 7.66. The molecule has 0 bridgehead atoms. The number of nitrogens with zero attached hydrogens (tertiary/aromatic N) is 2. The van der Waals surface area contributed by atoms with E-state index < -0.39 is 0 Å². The minimum absolute atomic E-state index is 0.00466. The van der Waals surface area contributed by atoms with E-state index in [0.29, 0.717) is 0 Å². The average Bonchev–Trinajstić information content (AvgIpc) is 3.93. The second-order valence-electron chi connectivity index (χ2n) is 23.3. The summed E-state index contributed by atoms with van der Waals surface area (Å²) in [7, 11) is 0. The number of anilines is 5. The maximum Gasteiger partial charge on any atom is 0.337 e. The molecule has 11 aromatic rings. The molecule has 3 nitrogen and oxygen atoms in total. The van der Waals surface area contributed by atoms with Crippen molar-refractivity contribution in [2.45, 2.75) is 84.5 Å². The van der Waals surface area contributed by atoms with Crippen molar-refractivity contribution in [2.24, 2.45) is 0 Å². The maximum atomic E-state index is 7.66. The van der Waals surface area contributed by atoms with Gasteiger partial charge in [-0.15, -0.1) is 11.3 Å². The fourth-order valence-electron chi connectivity index (χ4n) is 12.6. The summed E-state index contributed by atoms with van der Waals surface area (Å²) in [6.07, 6.45) is 2.27. The molecule has 9 aromatic carbocycles. The highest BCUT2D eigenvalue weighted by Gasteiger charge is 2.49. The third-order valence-electron chi connectivity index (χ3n) is 16.7. The van der Waals surface area contributed by atoms with E-state index in [0.717, 1.165) is 41.4 Å². The number of fused-ring (bicyclic) bond motifs is 11. The van der Waals surface area contributed by atoms with Crippen molar-refractivity contribution < 1.29 is 4.42 Å². The van der Waals surface area contributed by atoms with Crippen LogP contribution in [0.15, 0.2) is 180 Å². The van der Waals surface area contributed by atoms with Gasteiger partial charge < -0.3 is 9.23 Å². The fraction of sp³-hybridized carbons (Fsp3) is 0.194. The molecule has 72 heavy (non-hydrogen) atoms. The van der Waals surface area contributed by atoms with Gasteiger partial charge >= 0.3 is 6.85 Å². The standard InChI is InChI=1S/C67H57BN2OS/c1-40-31-52-49-36-51-50-33-44-21-15-16-22-45(44)34-60(50)72-61(51)39-57(49)70(47-26-23-42(24-27-47)41-17-11-9-12-18-41)68-62(52)58(32-40)69(56-28-25-46(65(2,3)4)35-48(56)43-19-13-10-14-20-43)64-63(68)53-37-54-55(38-59(53)71-64)67(7,8)30-29-66(54,5)6/h9-28,31-39H,29-30H2,1-8H3. The summed E-state index contributed by atoms with van der Waals surface area (Å²) in [6.45, 7) is 18.7. The first-order valence-corrected chi connectivity index (χ1v) is 26.6. The first kappa shape index (κ1) is 43.5. The molecule has 2 aliphatic heterocycles. The van der Waals surface area contributed by atoms with Gasteiger partial charge in [0.25, 0.3) is 0 Å². The van der Waals surface area contributed by atoms with E-state index in [-0.39, 0.29) is 23.1 Å².